The van der Waals surface area contributed by atoms with Crippen LogP contribution in [-0.4, -0.2) is 9.55 Å². The Morgan fingerprint density at radius 3 is 2.85 bits per heavy atom. The first-order valence-electron chi connectivity index (χ1n) is 7.03. The summed E-state index contributed by atoms with van der Waals surface area (Å²) in [7, 11) is 0. The van der Waals surface area contributed by atoms with E-state index in [-0.39, 0.29) is 5.82 Å². The maximum Gasteiger partial charge on any atom is 0.138 e. The van der Waals surface area contributed by atoms with Crippen LogP contribution in [0.3, 0.4) is 0 Å². The third-order valence-corrected chi connectivity index (χ3v) is 5.39. The van der Waals surface area contributed by atoms with Gasteiger partial charge in [0.1, 0.15) is 11.6 Å². The number of aromatic nitrogens is 2. The Hall–Kier alpha value is -0.360. The first kappa shape index (κ1) is 14.6. The van der Waals surface area contributed by atoms with Gasteiger partial charge in [-0.15, -0.1) is 11.6 Å². The molecule has 0 spiro atoms. The average Bonchev–Trinajstić information content (AvgIpc) is 2.77. The minimum Gasteiger partial charge on any atom is -0.323 e. The van der Waals surface area contributed by atoms with Gasteiger partial charge < -0.3 is 4.57 Å². The maximum absolute atomic E-state index is 13.9. The Morgan fingerprint density at radius 1 is 1.40 bits per heavy atom. The normalized spacial score (nSPS) is 23.4. The molecule has 0 bridgehead atoms. The molecule has 20 heavy (non-hydrogen) atoms. The van der Waals surface area contributed by atoms with Crippen molar-refractivity contribution in [3.8, 4) is 0 Å². The van der Waals surface area contributed by atoms with Crippen molar-refractivity contribution >= 4 is 45.2 Å². The van der Waals surface area contributed by atoms with Crippen LogP contribution < -0.4 is 0 Å². The van der Waals surface area contributed by atoms with Crippen LogP contribution in [0.25, 0.3) is 11.0 Å². The standard InChI is InChI=1S/C15H17ClFIN2/c1-9-4-2-3-5-13(9)20-14-6-10(17)11(18)7-12(14)19-15(20)8-16/h6-7,9,13H,2-5,8H2,1H3. The molecule has 0 N–H and O–H groups in total. The van der Waals surface area contributed by atoms with Gasteiger partial charge in [-0.1, -0.05) is 19.8 Å². The van der Waals surface area contributed by atoms with E-state index in [0.717, 1.165) is 23.3 Å². The van der Waals surface area contributed by atoms with Crippen molar-refractivity contribution in [3.63, 3.8) is 0 Å². The second kappa shape index (κ2) is 5.79. The minimum absolute atomic E-state index is 0.177. The minimum atomic E-state index is -0.177. The van der Waals surface area contributed by atoms with Crippen molar-refractivity contribution in [2.45, 2.75) is 44.5 Å². The molecular weight excluding hydrogens is 390 g/mol. The third kappa shape index (κ3) is 2.45. The predicted octanol–water partition coefficient (Wildman–Crippen LogP) is 5.27. The summed E-state index contributed by atoms with van der Waals surface area (Å²) in [5.41, 5.74) is 1.74. The molecule has 1 fully saturated rings. The van der Waals surface area contributed by atoms with Crippen LogP contribution in [0.15, 0.2) is 12.1 Å². The third-order valence-electron chi connectivity index (χ3n) is 4.32. The van der Waals surface area contributed by atoms with E-state index in [4.69, 9.17) is 11.6 Å². The number of rotatable bonds is 2. The van der Waals surface area contributed by atoms with E-state index in [1.807, 2.05) is 28.7 Å². The number of hydrogen-bond donors (Lipinski definition) is 0. The molecule has 0 saturated heterocycles. The van der Waals surface area contributed by atoms with Gasteiger partial charge in [0.25, 0.3) is 0 Å². The summed E-state index contributed by atoms with van der Waals surface area (Å²) in [6.07, 6.45) is 4.86. The molecule has 0 aliphatic heterocycles. The summed E-state index contributed by atoms with van der Waals surface area (Å²) in [6, 6.07) is 3.81. The molecule has 1 aliphatic carbocycles. The molecular formula is C15H17ClFIN2. The van der Waals surface area contributed by atoms with Crippen LogP contribution >= 0.6 is 34.2 Å². The first-order valence-corrected chi connectivity index (χ1v) is 8.65. The molecule has 1 aliphatic rings. The number of benzene rings is 1. The maximum atomic E-state index is 13.9. The highest BCUT2D eigenvalue weighted by Gasteiger charge is 2.27. The zero-order valence-electron chi connectivity index (χ0n) is 11.4. The van der Waals surface area contributed by atoms with Crippen LogP contribution in [-0.2, 0) is 5.88 Å². The molecule has 2 atom stereocenters. The zero-order chi connectivity index (χ0) is 14.3. The van der Waals surface area contributed by atoms with E-state index in [9.17, 15) is 4.39 Å². The van der Waals surface area contributed by atoms with Gasteiger partial charge in [0.2, 0.25) is 0 Å². The molecule has 0 amide bonds. The highest BCUT2D eigenvalue weighted by molar-refractivity contribution is 14.1. The van der Waals surface area contributed by atoms with E-state index >= 15 is 0 Å². The summed E-state index contributed by atoms with van der Waals surface area (Å²) < 4.78 is 16.7. The Bertz CT molecular complexity index is 640. The fraction of sp³-hybridized carbons (Fsp3) is 0.533. The summed E-state index contributed by atoms with van der Waals surface area (Å²) >= 11 is 8.08. The van der Waals surface area contributed by atoms with Crippen molar-refractivity contribution in [1.29, 1.82) is 0 Å². The highest BCUT2D eigenvalue weighted by atomic mass is 127. The number of nitrogens with zero attached hydrogens (tertiary/aromatic N) is 2. The summed E-state index contributed by atoms with van der Waals surface area (Å²) in [4.78, 5) is 4.60. The first-order chi connectivity index (χ1) is 9.61. The largest absolute Gasteiger partial charge is 0.323 e. The number of halogens is 3. The van der Waals surface area contributed by atoms with Gasteiger partial charge in [-0.05, 0) is 47.4 Å². The monoisotopic (exact) mass is 406 g/mol. The van der Waals surface area contributed by atoms with Gasteiger partial charge >= 0.3 is 0 Å². The van der Waals surface area contributed by atoms with E-state index in [1.165, 1.54) is 19.3 Å². The molecule has 3 rings (SSSR count). The van der Waals surface area contributed by atoms with Gasteiger partial charge in [0.05, 0.1) is 20.5 Å². The average molecular weight is 407 g/mol. The molecule has 1 aromatic heterocycles. The molecule has 5 heteroatoms. The molecule has 2 nitrogen and oxygen atoms in total. The molecule has 2 aromatic rings. The van der Waals surface area contributed by atoms with Gasteiger partial charge in [0, 0.05) is 12.1 Å². The lowest BCUT2D eigenvalue weighted by Gasteiger charge is -2.31. The quantitative estimate of drug-likeness (QED) is 0.491. The van der Waals surface area contributed by atoms with Crippen LogP contribution in [0.1, 0.15) is 44.5 Å². The molecule has 108 valence electrons. The second-order valence-electron chi connectivity index (χ2n) is 5.62. The molecule has 1 saturated carbocycles. The number of imidazole rings is 1. The van der Waals surface area contributed by atoms with Crippen molar-refractivity contribution in [1.82, 2.24) is 9.55 Å². The summed E-state index contributed by atoms with van der Waals surface area (Å²) in [6.45, 7) is 2.27. The molecule has 0 radical (unpaired) electrons. The van der Waals surface area contributed by atoms with Gasteiger partial charge in [0.15, 0.2) is 0 Å². The van der Waals surface area contributed by atoms with Crippen LogP contribution in [0.4, 0.5) is 4.39 Å². The lowest BCUT2D eigenvalue weighted by Crippen LogP contribution is -2.22. The number of fused-ring (bicyclic) bond motifs is 1. The molecule has 1 heterocycles. The predicted molar refractivity (Wildman–Crippen MR) is 88.6 cm³/mol. The Balaban J connectivity index is 2.19. The highest BCUT2D eigenvalue weighted by Crippen LogP contribution is 2.37. The van der Waals surface area contributed by atoms with E-state index in [0.29, 0.717) is 21.4 Å². The Labute approximate surface area is 136 Å². The lowest BCUT2D eigenvalue weighted by atomic mass is 9.85. The summed E-state index contributed by atoms with van der Waals surface area (Å²) in [5, 5.41) is 0. The fourth-order valence-electron chi connectivity index (χ4n) is 3.28. The zero-order valence-corrected chi connectivity index (χ0v) is 14.3. The van der Waals surface area contributed by atoms with Crippen molar-refractivity contribution in [3.05, 3.63) is 27.3 Å². The topological polar surface area (TPSA) is 17.8 Å². The van der Waals surface area contributed by atoms with Crippen LogP contribution in [0.5, 0.6) is 0 Å². The van der Waals surface area contributed by atoms with Crippen molar-refractivity contribution in [2.24, 2.45) is 5.92 Å². The van der Waals surface area contributed by atoms with Gasteiger partial charge in [-0.2, -0.15) is 0 Å². The van der Waals surface area contributed by atoms with Crippen LogP contribution in [0, 0.1) is 15.3 Å². The van der Waals surface area contributed by atoms with Crippen molar-refractivity contribution in [2.75, 3.05) is 0 Å². The number of alkyl halides is 1. The van der Waals surface area contributed by atoms with E-state index in [2.05, 4.69) is 16.5 Å². The second-order valence-corrected chi connectivity index (χ2v) is 7.05. The smallest absolute Gasteiger partial charge is 0.138 e. The van der Waals surface area contributed by atoms with Gasteiger partial charge in [-0.25, -0.2) is 9.37 Å². The van der Waals surface area contributed by atoms with E-state index in [1.54, 1.807) is 6.07 Å². The Morgan fingerprint density at radius 2 is 2.15 bits per heavy atom. The number of hydrogen-bond acceptors (Lipinski definition) is 1. The fourth-order valence-corrected chi connectivity index (χ4v) is 3.92. The van der Waals surface area contributed by atoms with Crippen LogP contribution in [0.2, 0.25) is 0 Å². The Kier molecular flexibility index (Phi) is 4.22. The van der Waals surface area contributed by atoms with Crippen molar-refractivity contribution < 1.29 is 4.39 Å². The summed E-state index contributed by atoms with van der Waals surface area (Å²) in [5.74, 6) is 1.65. The lowest BCUT2D eigenvalue weighted by molar-refractivity contribution is 0.258. The van der Waals surface area contributed by atoms with Gasteiger partial charge in [-0.3, -0.25) is 0 Å². The molecule has 1 aromatic carbocycles. The molecule has 2 unspecified atom stereocenters. The SMILES string of the molecule is CC1CCCCC1n1c(CCl)nc2cc(I)c(F)cc21. The van der Waals surface area contributed by atoms with E-state index < -0.39 is 0 Å².